The summed E-state index contributed by atoms with van der Waals surface area (Å²) in [5.74, 6) is 0. The van der Waals surface area contributed by atoms with Crippen LogP contribution in [0.1, 0.15) is 40.7 Å². The van der Waals surface area contributed by atoms with E-state index in [0.717, 1.165) is 38.9 Å². The maximum atomic E-state index is 11.2. The molecule has 0 bridgehead atoms. The average Bonchev–Trinajstić information content (AvgIpc) is 2.52. The van der Waals surface area contributed by atoms with E-state index in [9.17, 15) is 5.11 Å². The molecule has 0 aromatic heterocycles. The van der Waals surface area contributed by atoms with Crippen LogP contribution in [0.25, 0.3) is 0 Å². The van der Waals surface area contributed by atoms with E-state index in [1.54, 1.807) is 0 Å². The zero-order chi connectivity index (χ0) is 17.2. The monoisotopic (exact) mass is 323 g/mol. The maximum absolute atomic E-state index is 11.2. The number of aryl methyl sites for hydroxylation is 3. The fraction of sp³-hybridized carbons (Fsp3) is 0.455. The van der Waals surface area contributed by atoms with Gasteiger partial charge in [-0.15, -0.1) is 0 Å². The highest BCUT2D eigenvalue weighted by molar-refractivity contribution is 5.38. The lowest BCUT2D eigenvalue weighted by Gasteiger charge is -2.40. The van der Waals surface area contributed by atoms with Crippen LogP contribution in [-0.2, 0) is 13.0 Å². The minimum Gasteiger partial charge on any atom is -0.388 e. The van der Waals surface area contributed by atoms with Crippen LogP contribution in [0.15, 0.2) is 42.5 Å². The van der Waals surface area contributed by atoms with E-state index in [1.165, 1.54) is 27.8 Å². The average molecular weight is 323 g/mol. The number of benzene rings is 2. The summed E-state index contributed by atoms with van der Waals surface area (Å²) in [6, 6.07) is 15.0. The van der Waals surface area contributed by atoms with E-state index in [0.29, 0.717) is 0 Å². The molecule has 0 saturated carbocycles. The topological polar surface area (TPSA) is 23.5 Å². The third-order valence-electron chi connectivity index (χ3n) is 5.23. The fourth-order valence-corrected chi connectivity index (χ4v) is 4.14. The molecule has 2 aromatic rings. The number of piperidine rings is 1. The Morgan fingerprint density at radius 2 is 1.71 bits per heavy atom. The summed E-state index contributed by atoms with van der Waals surface area (Å²) < 4.78 is 0. The van der Waals surface area contributed by atoms with Crippen LogP contribution in [0.5, 0.6) is 0 Å². The number of rotatable bonds is 4. The summed E-state index contributed by atoms with van der Waals surface area (Å²) in [5, 5.41) is 11.2. The predicted octanol–water partition coefficient (Wildman–Crippen LogP) is 4.18. The molecule has 0 aliphatic carbocycles. The molecule has 0 radical (unpaired) electrons. The van der Waals surface area contributed by atoms with Crippen molar-refractivity contribution in [1.82, 2.24) is 4.90 Å². The molecule has 24 heavy (non-hydrogen) atoms. The molecule has 3 rings (SSSR count). The first kappa shape index (κ1) is 17.2. The van der Waals surface area contributed by atoms with Gasteiger partial charge in [0.15, 0.2) is 0 Å². The van der Waals surface area contributed by atoms with Gasteiger partial charge < -0.3 is 5.11 Å². The Balaban J connectivity index is 1.73. The molecular formula is C22H29NO. The number of hydrogen-bond acceptors (Lipinski definition) is 2. The van der Waals surface area contributed by atoms with E-state index >= 15 is 0 Å². The molecule has 1 aliphatic heterocycles. The Bertz CT molecular complexity index is 671. The Hall–Kier alpha value is -1.64. The maximum Gasteiger partial charge on any atom is 0.0815 e. The third kappa shape index (κ3) is 4.06. The van der Waals surface area contributed by atoms with Crippen LogP contribution in [-0.4, -0.2) is 28.7 Å². The lowest BCUT2D eigenvalue weighted by molar-refractivity contribution is -0.0329. The zero-order valence-corrected chi connectivity index (χ0v) is 15.2. The highest BCUT2D eigenvalue weighted by atomic mass is 16.3. The van der Waals surface area contributed by atoms with Gasteiger partial charge in [0.25, 0.3) is 0 Å². The number of β-amino-alcohol motifs (C(OH)–C–C–N with tert-alkyl or cyclic N) is 1. The van der Waals surface area contributed by atoms with Crippen molar-refractivity contribution >= 4 is 0 Å². The molecule has 1 unspecified atom stereocenters. The van der Waals surface area contributed by atoms with Gasteiger partial charge in [0.1, 0.15) is 0 Å². The van der Waals surface area contributed by atoms with E-state index in [1.807, 2.05) is 0 Å². The van der Waals surface area contributed by atoms with Crippen LogP contribution >= 0.6 is 0 Å². The van der Waals surface area contributed by atoms with Crippen molar-refractivity contribution in [2.24, 2.45) is 0 Å². The molecule has 1 atom stereocenters. The van der Waals surface area contributed by atoms with Crippen molar-refractivity contribution in [3.05, 3.63) is 70.3 Å². The van der Waals surface area contributed by atoms with Crippen molar-refractivity contribution in [1.29, 1.82) is 0 Å². The molecule has 2 nitrogen and oxygen atoms in total. The molecule has 1 N–H and O–H groups in total. The normalized spacial score (nSPS) is 21.8. The van der Waals surface area contributed by atoms with E-state index < -0.39 is 5.60 Å². The molecule has 128 valence electrons. The van der Waals surface area contributed by atoms with Crippen LogP contribution in [0.3, 0.4) is 0 Å². The SMILES string of the molecule is Cc1cc(C)c(CC2(O)CCCN(Cc3ccccc3)C2)c(C)c1. The second-order valence-corrected chi connectivity index (χ2v) is 7.58. The number of hydrogen-bond donors (Lipinski definition) is 1. The van der Waals surface area contributed by atoms with E-state index in [-0.39, 0.29) is 0 Å². The minimum absolute atomic E-state index is 0.613. The first-order valence-corrected chi connectivity index (χ1v) is 9.01. The number of aliphatic hydroxyl groups is 1. The summed E-state index contributed by atoms with van der Waals surface area (Å²) in [4.78, 5) is 2.40. The Morgan fingerprint density at radius 3 is 2.38 bits per heavy atom. The van der Waals surface area contributed by atoms with Gasteiger partial charge in [0.05, 0.1) is 5.60 Å². The molecule has 2 heteroatoms. The van der Waals surface area contributed by atoms with Gasteiger partial charge in [-0.1, -0.05) is 48.0 Å². The Morgan fingerprint density at radius 1 is 1.04 bits per heavy atom. The molecular weight excluding hydrogens is 294 g/mol. The first-order valence-electron chi connectivity index (χ1n) is 9.01. The summed E-state index contributed by atoms with van der Waals surface area (Å²) in [5.41, 5.74) is 5.95. The van der Waals surface area contributed by atoms with Crippen molar-refractivity contribution in [2.75, 3.05) is 13.1 Å². The van der Waals surface area contributed by atoms with Gasteiger partial charge in [-0.25, -0.2) is 0 Å². The lowest BCUT2D eigenvalue weighted by atomic mass is 9.83. The van der Waals surface area contributed by atoms with Crippen LogP contribution in [0.2, 0.25) is 0 Å². The van der Waals surface area contributed by atoms with Crippen LogP contribution in [0.4, 0.5) is 0 Å². The second-order valence-electron chi connectivity index (χ2n) is 7.58. The molecule has 0 spiro atoms. The highest BCUT2D eigenvalue weighted by Crippen LogP contribution is 2.29. The minimum atomic E-state index is -0.613. The molecule has 0 amide bonds. The van der Waals surface area contributed by atoms with E-state index in [4.69, 9.17) is 0 Å². The fourth-order valence-electron chi connectivity index (χ4n) is 4.14. The van der Waals surface area contributed by atoms with Crippen molar-refractivity contribution in [2.45, 2.75) is 52.2 Å². The van der Waals surface area contributed by atoms with Gasteiger partial charge in [-0.3, -0.25) is 4.90 Å². The third-order valence-corrected chi connectivity index (χ3v) is 5.23. The van der Waals surface area contributed by atoms with Crippen LogP contribution in [0, 0.1) is 20.8 Å². The van der Waals surface area contributed by atoms with Gasteiger partial charge in [0.2, 0.25) is 0 Å². The molecule has 1 heterocycles. The summed E-state index contributed by atoms with van der Waals surface area (Å²) in [6.45, 7) is 9.24. The highest BCUT2D eigenvalue weighted by Gasteiger charge is 2.34. The second kappa shape index (κ2) is 7.08. The Kier molecular flexibility index (Phi) is 5.07. The summed E-state index contributed by atoms with van der Waals surface area (Å²) in [7, 11) is 0. The van der Waals surface area contributed by atoms with Crippen molar-refractivity contribution in [3.63, 3.8) is 0 Å². The van der Waals surface area contributed by atoms with Crippen molar-refractivity contribution < 1.29 is 5.11 Å². The summed E-state index contributed by atoms with van der Waals surface area (Å²) >= 11 is 0. The predicted molar refractivity (Wildman–Crippen MR) is 100 cm³/mol. The van der Waals surface area contributed by atoms with E-state index in [2.05, 4.69) is 68.1 Å². The van der Waals surface area contributed by atoms with Crippen LogP contribution < -0.4 is 0 Å². The molecule has 2 aromatic carbocycles. The molecule has 1 aliphatic rings. The number of nitrogens with zero attached hydrogens (tertiary/aromatic N) is 1. The van der Waals surface area contributed by atoms with Gasteiger partial charge >= 0.3 is 0 Å². The molecule has 1 fully saturated rings. The summed E-state index contributed by atoms with van der Waals surface area (Å²) in [6.07, 6.45) is 2.72. The Labute approximate surface area is 146 Å². The van der Waals surface area contributed by atoms with Gasteiger partial charge in [-0.2, -0.15) is 0 Å². The smallest absolute Gasteiger partial charge is 0.0815 e. The van der Waals surface area contributed by atoms with Crippen molar-refractivity contribution in [3.8, 4) is 0 Å². The lowest BCUT2D eigenvalue weighted by Crippen LogP contribution is -2.49. The standard InChI is InChI=1S/C22H29NO/c1-17-12-18(2)21(19(3)13-17)14-22(24)10-7-11-23(16-22)15-20-8-5-4-6-9-20/h4-6,8-9,12-13,24H,7,10-11,14-16H2,1-3H3. The largest absolute Gasteiger partial charge is 0.388 e. The van der Waals surface area contributed by atoms with Gasteiger partial charge in [-0.05, 0) is 62.4 Å². The zero-order valence-electron chi connectivity index (χ0n) is 15.2. The number of likely N-dealkylation sites (tertiary alicyclic amines) is 1. The van der Waals surface area contributed by atoms with Gasteiger partial charge in [0, 0.05) is 19.5 Å². The quantitative estimate of drug-likeness (QED) is 0.912. The molecule has 1 saturated heterocycles. The first-order chi connectivity index (χ1) is 11.5.